The summed E-state index contributed by atoms with van der Waals surface area (Å²) in [7, 11) is 0. The number of hydrogen-bond donors (Lipinski definition) is 2. The number of H-pyrrole nitrogens is 2. The van der Waals surface area contributed by atoms with E-state index in [4.69, 9.17) is 0 Å². The zero-order chi connectivity index (χ0) is 9.38. The van der Waals surface area contributed by atoms with Crippen molar-refractivity contribution in [2.75, 3.05) is 0 Å². The lowest BCUT2D eigenvalue weighted by molar-refractivity contribution is 1.26. The quantitative estimate of drug-likeness (QED) is 0.607. The molecule has 0 amide bonds. The van der Waals surface area contributed by atoms with E-state index >= 15 is 0 Å². The Morgan fingerprint density at radius 3 is 3.00 bits per heavy atom. The molecule has 0 saturated heterocycles. The lowest BCUT2D eigenvalue weighted by atomic mass is 10.2. The molecule has 68 valence electrons. The van der Waals surface area contributed by atoms with Crippen LogP contribution in [-0.4, -0.2) is 19.9 Å². The van der Waals surface area contributed by atoms with Crippen LogP contribution in [0.2, 0.25) is 0 Å². The van der Waals surface area contributed by atoms with Crippen LogP contribution in [0.5, 0.6) is 0 Å². The first-order valence-corrected chi connectivity index (χ1v) is 4.37. The number of aromatic amines is 2. The fourth-order valence-electron chi connectivity index (χ4n) is 1.45. The molecule has 0 saturated carbocycles. The summed E-state index contributed by atoms with van der Waals surface area (Å²) in [6.45, 7) is 0. The number of rotatable bonds is 1. The minimum absolute atomic E-state index is 0.823. The number of hydrogen-bond acceptors (Lipinski definition) is 2. The maximum absolute atomic E-state index is 4.46. The SMILES string of the molecule is c1cc(-c2cnc3[nH]ccc3n2)c[nH]1. The molecule has 0 radical (unpaired) electrons. The molecule has 2 N–H and O–H groups in total. The molecule has 0 aromatic carbocycles. The summed E-state index contributed by atoms with van der Waals surface area (Å²) in [4.78, 5) is 14.7. The van der Waals surface area contributed by atoms with Gasteiger partial charge in [0.2, 0.25) is 0 Å². The van der Waals surface area contributed by atoms with Crippen LogP contribution in [0, 0.1) is 0 Å². The zero-order valence-corrected chi connectivity index (χ0v) is 7.36. The molecular weight excluding hydrogens is 176 g/mol. The van der Waals surface area contributed by atoms with Crippen LogP contribution in [0.4, 0.5) is 0 Å². The summed E-state index contributed by atoms with van der Waals surface area (Å²) in [6.07, 6.45) is 7.38. The standard InChI is InChI=1S/C10H8N4/c1-3-11-5-7(1)9-6-13-10-8(14-9)2-4-12-10/h1-6,11H,(H,12,13). The van der Waals surface area contributed by atoms with Gasteiger partial charge in [0.15, 0.2) is 5.65 Å². The topological polar surface area (TPSA) is 57.4 Å². The van der Waals surface area contributed by atoms with Crippen LogP contribution < -0.4 is 0 Å². The third-order valence-corrected chi connectivity index (χ3v) is 2.15. The smallest absolute Gasteiger partial charge is 0.156 e. The van der Waals surface area contributed by atoms with E-state index in [1.54, 1.807) is 6.20 Å². The van der Waals surface area contributed by atoms with Crippen molar-refractivity contribution in [3.63, 3.8) is 0 Å². The molecule has 3 aromatic heterocycles. The summed E-state index contributed by atoms with van der Waals surface area (Å²) in [6, 6.07) is 3.89. The fourth-order valence-corrected chi connectivity index (χ4v) is 1.45. The van der Waals surface area contributed by atoms with E-state index in [0.717, 1.165) is 22.4 Å². The molecule has 0 atom stereocenters. The van der Waals surface area contributed by atoms with Crippen molar-refractivity contribution in [2.24, 2.45) is 0 Å². The maximum Gasteiger partial charge on any atom is 0.156 e. The van der Waals surface area contributed by atoms with Crippen LogP contribution in [-0.2, 0) is 0 Å². The lowest BCUT2D eigenvalue weighted by Crippen LogP contribution is -1.84. The van der Waals surface area contributed by atoms with Crippen LogP contribution in [0.25, 0.3) is 22.4 Å². The van der Waals surface area contributed by atoms with Gasteiger partial charge < -0.3 is 9.97 Å². The Morgan fingerprint density at radius 2 is 2.14 bits per heavy atom. The molecule has 0 aliphatic rings. The molecule has 3 rings (SSSR count). The van der Waals surface area contributed by atoms with Crippen molar-refractivity contribution in [3.8, 4) is 11.3 Å². The van der Waals surface area contributed by atoms with Crippen molar-refractivity contribution in [1.82, 2.24) is 19.9 Å². The Hall–Kier alpha value is -2.10. The van der Waals surface area contributed by atoms with Gasteiger partial charge in [0.25, 0.3) is 0 Å². The summed E-state index contributed by atoms with van der Waals surface area (Å²) in [5, 5.41) is 0. The van der Waals surface area contributed by atoms with Crippen LogP contribution in [0.15, 0.2) is 36.9 Å². The molecule has 0 unspecified atom stereocenters. The largest absolute Gasteiger partial charge is 0.367 e. The van der Waals surface area contributed by atoms with E-state index in [1.165, 1.54) is 0 Å². The molecule has 14 heavy (non-hydrogen) atoms. The van der Waals surface area contributed by atoms with Gasteiger partial charge in [0.05, 0.1) is 11.9 Å². The Balaban J connectivity index is 2.23. The van der Waals surface area contributed by atoms with Crippen molar-refractivity contribution >= 4 is 11.2 Å². The van der Waals surface area contributed by atoms with Gasteiger partial charge in [-0.3, -0.25) is 0 Å². The first kappa shape index (κ1) is 7.32. The maximum atomic E-state index is 4.46. The van der Waals surface area contributed by atoms with Crippen LogP contribution >= 0.6 is 0 Å². The first-order chi connectivity index (χ1) is 6.93. The molecule has 0 aliphatic heterocycles. The second-order valence-electron chi connectivity index (χ2n) is 3.07. The monoisotopic (exact) mass is 184 g/mol. The van der Waals surface area contributed by atoms with Crippen molar-refractivity contribution < 1.29 is 0 Å². The summed E-state index contributed by atoms with van der Waals surface area (Å²) in [5.74, 6) is 0. The Labute approximate surface area is 80.0 Å². The van der Waals surface area contributed by atoms with E-state index in [0.29, 0.717) is 0 Å². The Kier molecular flexibility index (Phi) is 1.41. The first-order valence-electron chi connectivity index (χ1n) is 4.37. The normalized spacial score (nSPS) is 10.9. The van der Waals surface area contributed by atoms with Crippen LogP contribution in [0.3, 0.4) is 0 Å². The van der Waals surface area contributed by atoms with Crippen molar-refractivity contribution in [3.05, 3.63) is 36.9 Å². The molecule has 3 heterocycles. The number of nitrogens with one attached hydrogen (secondary N) is 2. The molecule has 4 heteroatoms. The third kappa shape index (κ3) is 1.01. The molecule has 0 aliphatic carbocycles. The van der Waals surface area contributed by atoms with Gasteiger partial charge >= 0.3 is 0 Å². The molecule has 0 spiro atoms. The van der Waals surface area contributed by atoms with E-state index in [2.05, 4.69) is 19.9 Å². The third-order valence-electron chi connectivity index (χ3n) is 2.15. The van der Waals surface area contributed by atoms with Crippen molar-refractivity contribution in [2.45, 2.75) is 0 Å². The van der Waals surface area contributed by atoms with Gasteiger partial charge in [0.1, 0.15) is 5.52 Å². The summed E-state index contributed by atoms with van der Waals surface area (Å²) >= 11 is 0. The van der Waals surface area contributed by atoms with Gasteiger partial charge in [-0.05, 0) is 12.1 Å². The molecule has 4 nitrogen and oxygen atoms in total. The van der Waals surface area contributed by atoms with E-state index < -0.39 is 0 Å². The second kappa shape index (κ2) is 2.70. The highest BCUT2D eigenvalue weighted by atomic mass is 14.9. The molecule has 3 aromatic rings. The number of fused-ring (bicyclic) bond motifs is 1. The average Bonchev–Trinajstić information content (AvgIpc) is 2.88. The van der Waals surface area contributed by atoms with Gasteiger partial charge in [-0.25, -0.2) is 9.97 Å². The van der Waals surface area contributed by atoms with Crippen LogP contribution in [0.1, 0.15) is 0 Å². The zero-order valence-electron chi connectivity index (χ0n) is 7.36. The predicted octanol–water partition coefficient (Wildman–Crippen LogP) is 1.95. The summed E-state index contributed by atoms with van der Waals surface area (Å²) < 4.78 is 0. The highest BCUT2D eigenvalue weighted by molar-refractivity contribution is 5.73. The van der Waals surface area contributed by atoms with E-state index in [-0.39, 0.29) is 0 Å². The minimum atomic E-state index is 0.823. The van der Waals surface area contributed by atoms with E-state index in [1.807, 2.05) is 30.7 Å². The molecule has 0 bridgehead atoms. The highest BCUT2D eigenvalue weighted by Crippen LogP contribution is 2.17. The Bertz CT molecular complexity index is 550. The van der Waals surface area contributed by atoms with Crippen molar-refractivity contribution in [1.29, 1.82) is 0 Å². The van der Waals surface area contributed by atoms with E-state index in [9.17, 15) is 0 Å². The number of nitrogens with zero attached hydrogens (tertiary/aromatic N) is 2. The lowest BCUT2D eigenvalue weighted by Gasteiger charge is -1.95. The summed E-state index contributed by atoms with van der Waals surface area (Å²) in [5.41, 5.74) is 3.66. The van der Waals surface area contributed by atoms with Gasteiger partial charge in [-0.1, -0.05) is 0 Å². The van der Waals surface area contributed by atoms with Gasteiger partial charge in [-0.2, -0.15) is 0 Å². The fraction of sp³-hybridized carbons (Fsp3) is 0. The average molecular weight is 184 g/mol. The van der Waals surface area contributed by atoms with Gasteiger partial charge in [0, 0.05) is 24.2 Å². The molecule has 0 fully saturated rings. The van der Waals surface area contributed by atoms with Gasteiger partial charge in [-0.15, -0.1) is 0 Å². The highest BCUT2D eigenvalue weighted by Gasteiger charge is 2.02. The minimum Gasteiger partial charge on any atom is -0.367 e. The predicted molar refractivity (Wildman–Crippen MR) is 53.7 cm³/mol. The Morgan fingerprint density at radius 1 is 1.14 bits per heavy atom. The number of aromatic nitrogens is 4. The second-order valence-corrected chi connectivity index (χ2v) is 3.07. The molecular formula is C10H8N4.